The van der Waals surface area contributed by atoms with E-state index in [9.17, 15) is 4.79 Å². The standard InChI is InChI=1S/C8H12IN2OS/c1-9-8-11-5-3-2-4-10-7(12)6(5)13-8/h5-6H,2-4H2,1H3,(H,10,12)/q-1. The van der Waals surface area contributed by atoms with Gasteiger partial charge in [-0.05, 0) is 0 Å². The van der Waals surface area contributed by atoms with Gasteiger partial charge in [-0.1, -0.05) is 0 Å². The number of alkyl halides is 1. The van der Waals surface area contributed by atoms with Crippen LogP contribution < -0.4 is 26.5 Å². The number of carbonyl (C=O) groups is 1. The molecule has 2 unspecified atom stereocenters. The van der Waals surface area contributed by atoms with Gasteiger partial charge in [0, 0.05) is 0 Å². The van der Waals surface area contributed by atoms with E-state index in [1.54, 1.807) is 11.8 Å². The Kier molecular flexibility index (Phi) is 3.13. The summed E-state index contributed by atoms with van der Waals surface area (Å²) < 4.78 is 1.26. The van der Waals surface area contributed by atoms with E-state index < -0.39 is 0 Å². The molecule has 2 aliphatic rings. The summed E-state index contributed by atoms with van der Waals surface area (Å²) >= 11 is 1.77. The van der Waals surface area contributed by atoms with Gasteiger partial charge in [0.1, 0.15) is 0 Å². The van der Waals surface area contributed by atoms with Crippen molar-refractivity contribution in [1.29, 1.82) is 0 Å². The van der Waals surface area contributed by atoms with Crippen LogP contribution in [0.3, 0.4) is 0 Å². The zero-order valence-electron chi connectivity index (χ0n) is 7.42. The fourth-order valence-electron chi connectivity index (χ4n) is 1.57. The van der Waals surface area contributed by atoms with Crippen molar-refractivity contribution in [3.05, 3.63) is 0 Å². The number of aliphatic imine (C=N–C) groups is 1. The van der Waals surface area contributed by atoms with E-state index in [2.05, 4.69) is 15.2 Å². The second-order valence-electron chi connectivity index (χ2n) is 3.11. The summed E-state index contributed by atoms with van der Waals surface area (Å²) in [6.45, 7) is 0.832. The fraction of sp³-hybridized carbons (Fsp3) is 0.750. The molecule has 0 radical (unpaired) electrons. The molecule has 2 heterocycles. The molecule has 0 aromatic rings. The third kappa shape index (κ3) is 2.01. The van der Waals surface area contributed by atoms with Crippen LogP contribution in [-0.4, -0.2) is 31.7 Å². The topological polar surface area (TPSA) is 41.5 Å². The van der Waals surface area contributed by atoms with E-state index >= 15 is 0 Å². The molecule has 0 aromatic heterocycles. The van der Waals surface area contributed by atoms with Gasteiger partial charge in [0.25, 0.3) is 0 Å². The maximum atomic E-state index is 11.6. The quantitative estimate of drug-likeness (QED) is 0.428. The SMILES string of the molecule is C[I-]C1=NC2CCCNC(=O)C2S1. The Morgan fingerprint density at radius 1 is 1.69 bits per heavy atom. The minimum atomic E-state index is 0.0696. The Labute approximate surface area is 92.4 Å². The molecule has 2 atom stereocenters. The number of rotatable bonds is 1. The molecule has 2 rings (SSSR count). The number of hydrogen-bond donors (Lipinski definition) is 1. The summed E-state index contributed by atoms with van der Waals surface area (Å²) in [5.74, 6) is 0.198. The first-order valence-corrected chi connectivity index (χ1v) is 8.44. The van der Waals surface area contributed by atoms with Gasteiger partial charge in [-0.3, -0.25) is 0 Å². The van der Waals surface area contributed by atoms with Crippen molar-refractivity contribution in [3.63, 3.8) is 0 Å². The Balaban J connectivity index is 2.12. The van der Waals surface area contributed by atoms with Crippen LogP contribution in [0.15, 0.2) is 4.99 Å². The summed E-state index contributed by atoms with van der Waals surface area (Å²) in [5.41, 5.74) is 0. The number of nitrogens with one attached hydrogen (secondary N) is 1. The molecule has 13 heavy (non-hydrogen) atoms. The second-order valence-corrected chi connectivity index (χ2v) is 7.07. The molecule has 1 fully saturated rings. The van der Waals surface area contributed by atoms with Crippen LogP contribution in [0.4, 0.5) is 0 Å². The molecule has 3 nitrogen and oxygen atoms in total. The zero-order chi connectivity index (χ0) is 9.26. The van der Waals surface area contributed by atoms with E-state index in [0.29, 0.717) is 0 Å². The molecular weight excluding hydrogens is 299 g/mol. The van der Waals surface area contributed by atoms with Gasteiger partial charge in [0.2, 0.25) is 0 Å². The van der Waals surface area contributed by atoms with Crippen molar-refractivity contribution < 1.29 is 26.0 Å². The molecule has 0 spiro atoms. The molecule has 1 saturated heterocycles. The van der Waals surface area contributed by atoms with Crippen LogP contribution in [0.5, 0.6) is 0 Å². The molecule has 0 aliphatic carbocycles. The van der Waals surface area contributed by atoms with E-state index in [0.717, 1.165) is 19.4 Å². The molecule has 1 amide bonds. The normalized spacial score (nSPS) is 33.6. The van der Waals surface area contributed by atoms with Gasteiger partial charge in [-0.2, -0.15) is 0 Å². The molecular formula is C8H12IN2OS-. The molecule has 0 aromatic carbocycles. The van der Waals surface area contributed by atoms with Crippen molar-refractivity contribution >= 4 is 20.7 Å². The van der Waals surface area contributed by atoms with Crippen molar-refractivity contribution in [2.45, 2.75) is 24.1 Å². The number of halogens is 1. The Morgan fingerprint density at radius 2 is 2.54 bits per heavy atom. The van der Waals surface area contributed by atoms with Crippen molar-refractivity contribution in [2.24, 2.45) is 4.99 Å². The monoisotopic (exact) mass is 311 g/mol. The summed E-state index contributed by atoms with van der Waals surface area (Å²) in [5, 5.41) is 3.03. The van der Waals surface area contributed by atoms with Crippen LogP contribution in [0.25, 0.3) is 0 Å². The van der Waals surface area contributed by atoms with E-state index in [-0.39, 0.29) is 38.4 Å². The van der Waals surface area contributed by atoms with Crippen LogP contribution in [0, 0.1) is 0 Å². The maximum absolute atomic E-state index is 11.6. The number of amides is 1. The summed E-state index contributed by atoms with van der Waals surface area (Å²) in [7, 11) is 0. The second kappa shape index (κ2) is 4.16. The van der Waals surface area contributed by atoms with Gasteiger partial charge in [0.15, 0.2) is 0 Å². The van der Waals surface area contributed by atoms with Gasteiger partial charge >= 0.3 is 92.6 Å². The Bertz CT molecular complexity index is 257. The molecule has 2 aliphatic heterocycles. The van der Waals surface area contributed by atoms with Crippen molar-refractivity contribution in [3.8, 4) is 0 Å². The third-order valence-corrected chi connectivity index (χ3v) is 6.32. The van der Waals surface area contributed by atoms with E-state index in [1.807, 2.05) is 0 Å². The van der Waals surface area contributed by atoms with Crippen LogP contribution in [-0.2, 0) is 4.79 Å². The molecule has 0 bridgehead atoms. The van der Waals surface area contributed by atoms with Gasteiger partial charge in [0.05, 0.1) is 0 Å². The average molecular weight is 311 g/mol. The Hall–Kier alpha value is 0.220. The Morgan fingerprint density at radius 3 is 3.31 bits per heavy atom. The number of fused-ring (bicyclic) bond motifs is 1. The van der Waals surface area contributed by atoms with Gasteiger partial charge in [-0.25, -0.2) is 0 Å². The minimum absolute atomic E-state index is 0.0696. The van der Waals surface area contributed by atoms with E-state index in [4.69, 9.17) is 0 Å². The van der Waals surface area contributed by atoms with Crippen LogP contribution in [0.2, 0.25) is 0 Å². The van der Waals surface area contributed by atoms with Crippen molar-refractivity contribution in [2.75, 3.05) is 11.5 Å². The van der Waals surface area contributed by atoms with Gasteiger partial charge in [-0.15, -0.1) is 0 Å². The number of carbonyl (C=O) groups excluding carboxylic acids is 1. The first kappa shape index (κ1) is 9.76. The fourth-order valence-corrected chi connectivity index (χ4v) is 4.83. The van der Waals surface area contributed by atoms with Crippen LogP contribution >= 0.6 is 11.8 Å². The van der Waals surface area contributed by atoms with Crippen LogP contribution in [0.1, 0.15) is 12.8 Å². The number of thioether (sulfide) groups is 1. The molecule has 1 N–H and O–H groups in total. The first-order chi connectivity index (χ1) is 6.31. The predicted octanol–water partition coefficient (Wildman–Crippen LogP) is -2.54. The first-order valence-electron chi connectivity index (χ1n) is 4.33. The van der Waals surface area contributed by atoms with Gasteiger partial charge < -0.3 is 0 Å². The molecule has 74 valence electrons. The number of hydrogen-bond acceptors (Lipinski definition) is 3. The molecule has 0 saturated carbocycles. The average Bonchev–Trinajstić information content (AvgIpc) is 2.48. The summed E-state index contributed by atoms with van der Waals surface area (Å²) in [6.07, 6.45) is 2.15. The number of nitrogens with zero attached hydrogens (tertiary/aromatic N) is 1. The predicted molar refractivity (Wildman–Crippen MR) is 50.8 cm³/mol. The van der Waals surface area contributed by atoms with Crippen molar-refractivity contribution in [1.82, 2.24) is 5.32 Å². The summed E-state index contributed by atoms with van der Waals surface area (Å²) in [6, 6.07) is 0.280. The molecule has 5 heteroatoms. The zero-order valence-corrected chi connectivity index (χ0v) is 10.4. The van der Waals surface area contributed by atoms with E-state index in [1.165, 1.54) is 3.05 Å². The summed E-state index contributed by atoms with van der Waals surface area (Å²) in [4.78, 5) is 18.4. The third-order valence-electron chi connectivity index (χ3n) is 2.24.